The average molecular weight is 413 g/mol. The molecule has 2 aromatic carbocycles. The van der Waals surface area contributed by atoms with Crippen molar-refractivity contribution >= 4 is 23.4 Å². The van der Waals surface area contributed by atoms with Crippen molar-refractivity contribution in [3.05, 3.63) is 59.9 Å². The van der Waals surface area contributed by atoms with Crippen LogP contribution in [0.3, 0.4) is 0 Å². The summed E-state index contributed by atoms with van der Waals surface area (Å²) < 4.78 is 12.7. The van der Waals surface area contributed by atoms with Crippen LogP contribution in [0.2, 0.25) is 0 Å². The second kappa shape index (κ2) is 9.47. The predicted octanol–water partition coefficient (Wildman–Crippen LogP) is 3.83. The first-order valence-electron chi connectivity index (χ1n) is 9.15. The van der Waals surface area contributed by atoms with Gasteiger partial charge in [0.05, 0.1) is 12.4 Å². The Morgan fingerprint density at radius 2 is 1.76 bits per heavy atom. The van der Waals surface area contributed by atoms with Crippen molar-refractivity contribution in [2.75, 3.05) is 12.4 Å². The van der Waals surface area contributed by atoms with Gasteiger partial charge in [0.2, 0.25) is 5.91 Å². The Morgan fingerprint density at radius 1 is 1.10 bits per heavy atom. The molecule has 1 atom stereocenters. The van der Waals surface area contributed by atoms with Crippen molar-refractivity contribution in [2.45, 2.75) is 30.9 Å². The number of amides is 1. The Morgan fingerprint density at radius 3 is 2.41 bits per heavy atom. The molecule has 0 saturated carbocycles. The SMILES string of the molecule is COc1ccc(OCc2nnc(S[C@H](C)C(=O)Nc3ccc(C)cc3)n2C)cc1. The molecule has 3 aromatic rings. The summed E-state index contributed by atoms with van der Waals surface area (Å²) in [6, 6.07) is 15.0. The summed E-state index contributed by atoms with van der Waals surface area (Å²) in [7, 11) is 3.48. The molecule has 0 saturated heterocycles. The molecule has 0 fully saturated rings. The number of hydrogen-bond donors (Lipinski definition) is 1. The van der Waals surface area contributed by atoms with E-state index < -0.39 is 0 Å². The number of carbonyl (C=O) groups is 1. The van der Waals surface area contributed by atoms with Gasteiger partial charge in [-0.3, -0.25) is 4.79 Å². The van der Waals surface area contributed by atoms with Crippen molar-refractivity contribution in [1.29, 1.82) is 0 Å². The van der Waals surface area contributed by atoms with Gasteiger partial charge in [-0.25, -0.2) is 0 Å². The van der Waals surface area contributed by atoms with Crippen LogP contribution in [0.1, 0.15) is 18.3 Å². The molecule has 152 valence electrons. The van der Waals surface area contributed by atoms with Gasteiger partial charge in [-0.1, -0.05) is 29.5 Å². The first-order chi connectivity index (χ1) is 14.0. The number of rotatable bonds is 8. The molecular weight excluding hydrogens is 388 g/mol. The fourth-order valence-electron chi connectivity index (χ4n) is 2.49. The van der Waals surface area contributed by atoms with Crippen molar-refractivity contribution in [3.8, 4) is 11.5 Å². The lowest BCUT2D eigenvalue weighted by molar-refractivity contribution is -0.115. The maximum absolute atomic E-state index is 12.5. The van der Waals surface area contributed by atoms with E-state index in [4.69, 9.17) is 9.47 Å². The molecule has 3 rings (SSSR count). The standard InChI is InChI=1S/C21H24N4O3S/c1-14-5-7-16(8-6-14)22-20(26)15(2)29-21-24-23-19(25(21)3)13-28-18-11-9-17(27-4)10-12-18/h5-12,15H,13H2,1-4H3,(H,22,26)/t15-/m1/s1. The van der Waals surface area contributed by atoms with E-state index in [1.807, 2.05) is 74.0 Å². The van der Waals surface area contributed by atoms with Gasteiger partial charge in [-0.05, 0) is 50.2 Å². The third-order valence-electron chi connectivity index (χ3n) is 4.32. The zero-order valence-corrected chi connectivity index (χ0v) is 17.7. The first-order valence-corrected chi connectivity index (χ1v) is 10.0. The van der Waals surface area contributed by atoms with Gasteiger partial charge in [0.25, 0.3) is 0 Å². The van der Waals surface area contributed by atoms with Crippen LogP contribution in [0.25, 0.3) is 0 Å². The maximum Gasteiger partial charge on any atom is 0.237 e. The highest BCUT2D eigenvalue weighted by Gasteiger charge is 2.19. The molecule has 1 amide bonds. The molecular formula is C21H24N4O3S. The molecule has 0 spiro atoms. The molecule has 0 radical (unpaired) electrons. The number of nitrogens with zero attached hydrogens (tertiary/aromatic N) is 3. The lowest BCUT2D eigenvalue weighted by Gasteiger charge is -2.12. The van der Waals surface area contributed by atoms with Gasteiger partial charge in [-0.2, -0.15) is 0 Å². The van der Waals surface area contributed by atoms with Crippen molar-refractivity contribution < 1.29 is 14.3 Å². The topological polar surface area (TPSA) is 78.3 Å². The highest BCUT2D eigenvalue weighted by atomic mass is 32.2. The highest BCUT2D eigenvalue weighted by molar-refractivity contribution is 8.00. The Hall–Kier alpha value is -3.00. The van der Waals surface area contributed by atoms with Gasteiger partial charge in [0, 0.05) is 12.7 Å². The Balaban J connectivity index is 1.56. The van der Waals surface area contributed by atoms with Crippen LogP contribution in [0.15, 0.2) is 53.7 Å². The van der Waals surface area contributed by atoms with Gasteiger partial charge in [0.1, 0.15) is 18.1 Å². The van der Waals surface area contributed by atoms with Crippen LogP contribution in [0.4, 0.5) is 5.69 Å². The van der Waals surface area contributed by atoms with Crippen LogP contribution < -0.4 is 14.8 Å². The van der Waals surface area contributed by atoms with Crippen molar-refractivity contribution in [1.82, 2.24) is 14.8 Å². The smallest absolute Gasteiger partial charge is 0.237 e. The van der Waals surface area contributed by atoms with Crippen LogP contribution in [-0.2, 0) is 18.4 Å². The molecule has 8 heteroatoms. The van der Waals surface area contributed by atoms with E-state index in [0.717, 1.165) is 17.0 Å². The van der Waals surface area contributed by atoms with Gasteiger partial charge in [0.15, 0.2) is 11.0 Å². The van der Waals surface area contributed by atoms with E-state index in [1.165, 1.54) is 11.8 Å². The number of aryl methyl sites for hydroxylation is 1. The normalized spacial score (nSPS) is 11.7. The van der Waals surface area contributed by atoms with Crippen molar-refractivity contribution in [2.24, 2.45) is 7.05 Å². The number of methoxy groups -OCH3 is 1. The zero-order chi connectivity index (χ0) is 20.8. The quantitative estimate of drug-likeness (QED) is 0.567. The number of benzene rings is 2. The monoisotopic (exact) mass is 412 g/mol. The summed E-state index contributed by atoms with van der Waals surface area (Å²) in [6.45, 7) is 4.13. The minimum Gasteiger partial charge on any atom is -0.497 e. The molecule has 0 aliphatic rings. The Bertz CT molecular complexity index is 955. The zero-order valence-electron chi connectivity index (χ0n) is 16.9. The van der Waals surface area contributed by atoms with Crippen molar-refractivity contribution in [3.63, 3.8) is 0 Å². The molecule has 0 bridgehead atoms. The number of ether oxygens (including phenoxy) is 2. The number of anilines is 1. The Kier molecular flexibility index (Phi) is 6.77. The van der Waals surface area contributed by atoms with Gasteiger partial charge < -0.3 is 19.4 Å². The van der Waals surface area contributed by atoms with E-state index >= 15 is 0 Å². The molecule has 0 aliphatic carbocycles. The maximum atomic E-state index is 12.5. The summed E-state index contributed by atoms with van der Waals surface area (Å²) >= 11 is 1.35. The number of hydrogen-bond acceptors (Lipinski definition) is 6. The summed E-state index contributed by atoms with van der Waals surface area (Å²) in [4.78, 5) is 12.5. The molecule has 1 heterocycles. The number of nitrogens with one attached hydrogen (secondary N) is 1. The van der Waals surface area contributed by atoms with Gasteiger partial charge in [-0.15, -0.1) is 10.2 Å². The van der Waals surface area contributed by atoms with E-state index in [9.17, 15) is 4.79 Å². The number of aromatic nitrogens is 3. The molecule has 7 nitrogen and oxygen atoms in total. The van der Waals surface area contributed by atoms with Gasteiger partial charge >= 0.3 is 0 Å². The molecule has 0 unspecified atom stereocenters. The molecule has 1 aromatic heterocycles. The van der Waals surface area contributed by atoms with E-state index in [0.29, 0.717) is 16.7 Å². The van der Waals surface area contributed by atoms with Crippen LogP contribution >= 0.6 is 11.8 Å². The minimum absolute atomic E-state index is 0.0853. The lowest BCUT2D eigenvalue weighted by atomic mass is 10.2. The van der Waals surface area contributed by atoms with E-state index in [1.54, 1.807) is 7.11 Å². The summed E-state index contributed by atoms with van der Waals surface area (Å²) in [6.07, 6.45) is 0. The fourth-order valence-corrected chi connectivity index (χ4v) is 3.32. The van der Waals surface area contributed by atoms with E-state index in [-0.39, 0.29) is 17.8 Å². The summed E-state index contributed by atoms with van der Waals surface area (Å²) in [5, 5.41) is 11.6. The average Bonchev–Trinajstić information content (AvgIpc) is 3.07. The molecule has 29 heavy (non-hydrogen) atoms. The molecule has 1 N–H and O–H groups in total. The minimum atomic E-state index is -0.324. The number of thioether (sulfide) groups is 1. The first kappa shape index (κ1) is 20.7. The second-order valence-electron chi connectivity index (χ2n) is 6.54. The predicted molar refractivity (Wildman–Crippen MR) is 113 cm³/mol. The van der Waals surface area contributed by atoms with Crippen LogP contribution in [-0.4, -0.2) is 33.0 Å². The third-order valence-corrected chi connectivity index (χ3v) is 5.46. The summed E-state index contributed by atoms with van der Waals surface area (Å²) in [5.41, 5.74) is 1.92. The van der Waals surface area contributed by atoms with E-state index in [2.05, 4.69) is 15.5 Å². The fraction of sp³-hybridized carbons (Fsp3) is 0.286. The highest BCUT2D eigenvalue weighted by Crippen LogP contribution is 2.24. The number of carbonyl (C=O) groups excluding carboxylic acids is 1. The second-order valence-corrected chi connectivity index (χ2v) is 7.85. The Labute approximate surface area is 174 Å². The summed E-state index contributed by atoms with van der Waals surface area (Å²) in [5.74, 6) is 2.08. The lowest BCUT2D eigenvalue weighted by Crippen LogP contribution is -2.22. The molecule has 0 aliphatic heterocycles. The van der Waals surface area contributed by atoms with Crippen LogP contribution in [0, 0.1) is 6.92 Å². The third kappa shape index (κ3) is 5.51. The van der Waals surface area contributed by atoms with Crippen LogP contribution in [0.5, 0.6) is 11.5 Å². The largest absolute Gasteiger partial charge is 0.497 e.